The first-order valence-corrected chi connectivity index (χ1v) is 13.8. The van der Waals surface area contributed by atoms with Crippen molar-refractivity contribution >= 4 is 10.9 Å². The summed E-state index contributed by atoms with van der Waals surface area (Å²) in [6, 6.07) is 23.0. The van der Waals surface area contributed by atoms with Crippen molar-refractivity contribution in [3.8, 4) is 17.2 Å². The predicted molar refractivity (Wildman–Crippen MR) is 141 cm³/mol. The van der Waals surface area contributed by atoms with Gasteiger partial charge in [-0.1, -0.05) is 42.5 Å². The summed E-state index contributed by atoms with van der Waals surface area (Å²) in [5, 5.41) is 25.3. The molecule has 1 spiro atoms. The number of benzene rings is 3. The van der Waals surface area contributed by atoms with Crippen LogP contribution >= 0.6 is 0 Å². The Labute approximate surface area is 215 Å². The van der Waals surface area contributed by atoms with Crippen LogP contribution < -0.4 is 4.74 Å². The SMILES string of the molecule is Oc1ccc2c3c1O[C@H]1c4c(c5ccccc5n4-c4ccccc4)C[C@@]4(O)[C@@H](C2)N(CC2CC2)CC[C@]314. The van der Waals surface area contributed by atoms with Gasteiger partial charge >= 0.3 is 0 Å². The summed E-state index contributed by atoms with van der Waals surface area (Å²) in [5.41, 5.74) is 5.33. The van der Waals surface area contributed by atoms with Crippen molar-refractivity contribution in [3.05, 3.63) is 89.1 Å². The Morgan fingerprint density at radius 2 is 1.78 bits per heavy atom. The number of hydrogen-bond donors (Lipinski definition) is 2. The van der Waals surface area contributed by atoms with E-state index in [4.69, 9.17) is 4.74 Å². The molecule has 3 aromatic carbocycles. The van der Waals surface area contributed by atoms with E-state index in [9.17, 15) is 10.2 Å². The number of phenols is 1. The van der Waals surface area contributed by atoms with E-state index in [-0.39, 0.29) is 17.9 Å². The van der Waals surface area contributed by atoms with Gasteiger partial charge in [0.2, 0.25) is 0 Å². The fourth-order valence-electron chi connectivity index (χ4n) is 8.57. The molecule has 0 amide bonds. The number of aliphatic hydroxyl groups is 1. The van der Waals surface area contributed by atoms with Gasteiger partial charge < -0.3 is 19.5 Å². The number of ether oxygens (including phenoxy) is 1. The Bertz CT molecular complexity index is 1610. The number of phenolic OH excluding ortho intramolecular Hbond substituents is 1. The average molecular weight is 491 g/mol. The van der Waals surface area contributed by atoms with Gasteiger partial charge in [-0.3, -0.25) is 4.90 Å². The van der Waals surface area contributed by atoms with Crippen LogP contribution in [-0.4, -0.2) is 44.4 Å². The lowest BCUT2D eigenvalue weighted by atomic mass is 9.49. The first kappa shape index (κ1) is 20.7. The Morgan fingerprint density at radius 1 is 0.973 bits per heavy atom. The van der Waals surface area contributed by atoms with Crippen molar-refractivity contribution in [2.75, 3.05) is 13.1 Å². The lowest BCUT2D eigenvalue weighted by Gasteiger charge is -2.63. The van der Waals surface area contributed by atoms with Crippen molar-refractivity contribution in [2.45, 2.75) is 55.3 Å². The molecule has 4 aromatic rings. The van der Waals surface area contributed by atoms with Crippen LogP contribution in [0.5, 0.6) is 11.5 Å². The van der Waals surface area contributed by atoms with E-state index < -0.39 is 11.0 Å². The zero-order valence-electron chi connectivity index (χ0n) is 20.7. The molecule has 0 unspecified atom stereocenters. The fourth-order valence-corrected chi connectivity index (χ4v) is 8.57. The number of fused-ring (bicyclic) bond motifs is 4. The highest BCUT2D eigenvalue weighted by Crippen LogP contribution is 2.69. The second-order valence-corrected chi connectivity index (χ2v) is 12.0. The molecule has 5 nitrogen and oxygen atoms in total. The van der Waals surface area contributed by atoms with Crippen molar-refractivity contribution in [3.63, 3.8) is 0 Å². The van der Waals surface area contributed by atoms with Gasteiger partial charge in [-0.05, 0) is 73.5 Å². The Balaban J connectivity index is 1.37. The molecule has 3 aliphatic carbocycles. The summed E-state index contributed by atoms with van der Waals surface area (Å²) in [7, 11) is 0. The van der Waals surface area contributed by atoms with Crippen LogP contribution in [0.1, 0.15) is 47.8 Å². The molecule has 1 aromatic heterocycles. The number of nitrogens with zero attached hydrogens (tertiary/aromatic N) is 2. The smallest absolute Gasteiger partial charge is 0.166 e. The zero-order valence-corrected chi connectivity index (χ0v) is 20.7. The van der Waals surface area contributed by atoms with E-state index in [0.717, 1.165) is 54.3 Å². The number of rotatable bonds is 3. The third-order valence-corrected chi connectivity index (χ3v) is 10.2. The largest absolute Gasteiger partial charge is 0.504 e. The van der Waals surface area contributed by atoms with Crippen LogP contribution in [0.3, 0.4) is 0 Å². The minimum absolute atomic E-state index is 0.0444. The lowest BCUT2D eigenvalue weighted by molar-refractivity contribution is -0.173. The number of aromatic nitrogens is 1. The predicted octanol–water partition coefficient (Wildman–Crippen LogP) is 5.04. The van der Waals surface area contributed by atoms with Gasteiger partial charge in [-0.2, -0.15) is 0 Å². The highest BCUT2D eigenvalue weighted by molar-refractivity contribution is 5.89. The number of hydrogen-bond acceptors (Lipinski definition) is 4. The third-order valence-electron chi connectivity index (χ3n) is 10.2. The van der Waals surface area contributed by atoms with Gasteiger partial charge in [0, 0.05) is 35.6 Å². The molecule has 2 aliphatic heterocycles. The Morgan fingerprint density at radius 3 is 2.62 bits per heavy atom. The topological polar surface area (TPSA) is 57.9 Å². The first-order chi connectivity index (χ1) is 18.1. The van der Waals surface area contributed by atoms with E-state index in [0.29, 0.717) is 12.2 Å². The van der Waals surface area contributed by atoms with Gasteiger partial charge in [0.25, 0.3) is 0 Å². The fraction of sp³-hybridized carbons (Fsp3) is 0.375. The minimum Gasteiger partial charge on any atom is -0.504 e. The molecule has 2 fully saturated rings. The maximum absolute atomic E-state index is 13.1. The van der Waals surface area contributed by atoms with Crippen LogP contribution in [-0.2, 0) is 18.3 Å². The molecule has 4 atom stereocenters. The molecule has 3 heterocycles. The normalized spacial score (nSPS) is 31.2. The highest BCUT2D eigenvalue weighted by Gasteiger charge is 2.73. The van der Waals surface area contributed by atoms with Gasteiger partial charge in [-0.25, -0.2) is 0 Å². The van der Waals surface area contributed by atoms with E-state index >= 15 is 0 Å². The van der Waals surface area contributed by atoms with E-state index in [1.165, 1.54) is 29.4 Å². The summed E-state index contributed by atoms with van der Waals surface area (Å²) < 4.78 is 9.23. The maximum atomic E-state index is 13.1. The van der Waals surface area contributed by atoms with Crippen molar-refractivity contribution in [2.24, 2.45) is 5.92 Å². The number of likely N-dealkylation sites (tertiary alicyclic amines) is 1. The van der Waals surface area contributed by atoms with Crippen LogP contribution in [0.25, 0.3) is 16.6 Å². The average Bonchev–Trinajstić information content (AvgIpc) is 3.57. The number of aromatic hydroxyl groups is 1. The van der Waals surface area contributed by atoms with E-state index in [1.807, 2.05) is 6.07 Å². The molecule has 5 heteroatoms. The van der Waals surface area contributed by atoms with Gasteiger partial charge in [0.05, 0.1) is 22.2 Å². The molecule has 1 saturated carbocycles. The lowest BCUT2D eigenvalue weighted by Crippen LogP contribution is -2.74. The number of para-hydroxylation sites is 2. The minimum atomic E-state index is -0.963. The standard InChI is InChI=1S/C32H30N2O3/c35-25-13-12-20-16-26-32(36)17-23-22-8-4-5-9-24(22)34(21-6-2-1-3-7-21)28(23)30-31(32,27(20)29(25)37-30)14-15-33(26)18-19-10-11-19/h1-9,12-13,19,26,30,35-36H,10-11,14-18H2/t26-,30+,31+,32-/m1/s1. The molecule has 5 aliphatic rings. The molecule has 2 N–H and O–H groups in total. The van der Waals surface area contributed by atoms with Crippen molar-refractivity contribution < 1.29 is 14.9 Å². The maximum Gasteiger partial charge on any atom is 0.166 e. The Hall–Kier alpha value is -3.28. The molecule has 9 rings (SSSR count). The second kappa shape index (κ2) is 6.77. The molecule has 37 heavy (non-hydrogen) atoms. The number of piperidine rings is 1. The monoisotopic (exact) mass is 490 g/mol. The van der Waals surface area contributed by atoms with Crippen molar-refractivity contribution in [1.82, 2.24) is 9.47 Å². The zero-order chi connectivity index (χ0) is 24.5. The van der Waals surface area contributed by atoms with Gasteiger partial charge in [0.15, 0.2) is 17.6 Å². The molecule has 186 valence electrons. The molecular formula is C32H30N2O3. The second-order valence-electron chi connectivity index (χ2n) is 12.0. The van der Waals surface area contributed by atoms with Crippen LogP contribution in [0.4, 0.5) is 0 Å². The van der Waals surface area contributed by atoms with Crippen molar-refractivity contribution in [1.29, 1.82) is 0 Å². The summed E-state index contributed by atoms with van der Waals surface area (Å²) in [4.78, 5) is 2.59. The summed E-state index contributed by atoms with van der Waals surface area (Å²) in [6.45, 7) is 2.03. The van der Waals surface area contributed by atoms with E-state index in [1.54, 1.807) is 6.07 Å². The summed E-state index contributed by atoms with van der Waals surface area (Å²) in [5.74, 6) is 1.55. The molecule has 1 saturated heterocycles. The first-order valence-electron chi connectivity index (χ1n) is 13.8. The molecular weight excluding hydrogens is 460 g/mol. The van der Waals surface area contributed by atoms with Crippen LogP contribution in [0.15, 0.2) is 66.7 Å². The highest BCUT2D eigenvalue weighted by atomic mass is 16.5. The molecule has 2 bridgehead atoms. The van der Waals surface area contributed by atoms with Crippen LogP contribution in [0, 0.1) is 5.92 Å². The van der Waals surface area contributed by atoms with Gasteiger partial charge in [0.1, 0.15) is 0 Å². The van der Waals surface area contributed by atoms with E-state index in [2.05, 4.69) is 64.1 Å². The summed E-state index contributed by atoms with van der Waals surface area (Å²) >= 11 is 0. The summed E-state index contributed by atoms with van der Waals surface area (Å²) in [6.07, 6.45) is 4.49. The third kappa shape index (κ3) is 2.39. The molecule has 0 radical (unpaired) electrons. The van der Waals surface area contributed by atoms with Gasteiger partial charge in [-0.15, -0.1) is 0 Å². The Kier molecular flexibility index (Phi) is 3.80. The quantitative estimate of drug-likeness (QED) is 0.423. The van der Waals surface area contributed by atoms with Crippen LogP contribution in [0.2, 0.25) is 0 Å².